The summed E-state index contributed by atoms with van der Waals surface area (Å²) in [5, 5.41) is 3.04. The van der Waals surface area contributed by atoms with Crippen LogP contribution in [-0.4, -0.2) is 24.1 Å². The Balaban J connectivity index is 1.66. The van der Waals surface area contributed by atoms with E-state index in [1.807, 2.05) is 18.2 Å². The van der Waals surface area contributed by atoms with Crippen molar-refractivity contribution in [3.05, 3.63) is 65.7 Å². The number of aromatic nitrogens is 1. The number of nitrogens with one attached hydrogen (secondary N) is 1. The lowest BCUT2D eigenvalue weighted by atomic mass is 9.96. The van der Waals surface area contributed by atoms with Gasteiger partial charge in [-0.1, -0.05) is 18.2 Å². The number of nitrogens with zero attached hydrogens (tertiary/aromatic N) is 1. The molecule has 0 aliphatic carbocycles. The molecule has 25 heavy (non-hydrogen) atoms. The lowest BCUT2D eigenvalue weighted by molar-refractivity contribution is -0.122. The van der Waals surface area contributed by atoms with Crippen molar-refractivity contribution in [2.75, 3.05) is 13.2 Å². The molecule has 4 nitrogen and oxygen atoms in total. The molecule has 1 saturated heterocycles. The number of rotatable bonds is 6. The maximum absolute atomic E-state index is 13.2. The molecule has 0 spiro atoms. The number of benzene rings is 1. The molecule has 1 aliphatic rings. The van der Waals surface area contributed by atoms with Crippen molar-refractivity contribution in [2.24, 2.45) is 5.92 Å². The normalized spacial score (nSPS) is 18.5. The van der Waals surface area contributed by atoms with Gasteiger partial charge in [-0.3, -0.25) is 9.78 Å². The first-order chi connectivity index (χ1) is 12.2. The van der Waals surface area contributed by atoms with Crippen LogP contribution in [0.1, 0.15) is 43.0 Å². The van der Waals surface area contributed by atoms with Crippen LogP contribution in [0.15, 0.2) is 48.7 Å². The fourth-order valence-corrected chi connectivity index (χ4v) is 3.13. The molecule has 2 heterocycles. The Morgan fingerprint density at radius 2 is 2.12 bits per heavy atom. The van der Waals surface area contributed by atoms with Crippen molar-refractivity contribution in [1.82, 2.24) is 10.3 Å². The molecule has 132 valence electrons. The summed E-state index contributed by atoms with van der Waals surface area (Å²) in [4.78, 5) is 16.8. The minimum atomic E-state index is -0.378. The molecule has 1 fully saturated rings. The lowest BCUT2D eigenvalue weighted by Gasteiger charge is -2.23. The second-order valence-electron chi connectivity index (χ2n) is 6.43. The predicted molar refractivity (Wildman–Crippen MR) is 93.4 cm³/mol. The summed E-state index contributed by atoms with van der Waals surface area (Å²) in [6.07, 6.45) is 5.16. The summed E-state index contributed by atoms with van der Waals surface area (Å²) >= 11 is 0. The Labute approximate surface area is 147 Å². The maximum Gasteiger partial charge on any atom is 0.220 e. The highest BCUT2D eigenvalue weighted by Gasteiger charge is 2.20. The van der Waals surface area contributed by atoms with E-state index in [9.17, 15) is 9.18 Å². The quantitative estimate of drug-likeness (QED) is 0.872. The molecule has 1 aliphatic heterocycles. The number of halogens is 1. The first-order valence-electron chi connectivity index (χ1n) is 8.76. The van der Waals surface area contributed by atoms with Crippen molar-refractivity contribution >= 4 is 5.91 Å². The summed E-state index contributed by atoms with van der Waals surface area (Å²) in [6.45, 7) is 1.57. The van der Waals surface area contributed by atoms with E-state index in [1.165, 1.54) is 12.1 Å². The van der Waals surface area contributed by atoms with Crippen LogP contribution in [0.2, 0.25) is 0 Å². The van der Waals surface area contributed by atoms with Gasteiger partial charge in [0, 0.05) is 25.8 Å². The topological polar surface area (TPSA) is 51.2 Å². The Morgan fingerprint density at radius 1 is 1.28 bits per heavy atom. The molecule has 3 rings (SSSR count). The average molecular weight is 342 g/mol. The van der Waals surface area contributed by atoms with Crippen molar-refractivity contribution in [3.63, 3.8) is 0 Å². The summed E-state index contributed by atoms with van der Waals surface area (Å²) < 4.78 is 18.7. The summed E-state index contributed by atoms with van der Waals surface area (Å²) in [5.74, 6) is 0.135. The average Bonchev–Trinajstić information content (AvgIpc) is 2.67. The van der Waals surface area contributed by atoms with Gasteiger partial charge in [0.15, 0.2) is 0 Å². The number of carbonyl (C=O) groups excluding carboxylic acids is 1. The fourth-order valence-electron chi connectivity index (χ4n) is 3.13. The Hall–Kier alpha value is -2.27. The zero-order valence-corrected chi connectivity index (χ0v) is 14.2. The third-order valence-electron chi connectivity index (χ3n) is 4.53. The van der Waals surface area contributed by atoms with Gasteiger partial charge in [-0.25, -0.2) is 4.39 Å². The van der Waals surface area contributed by atoms with Crippen LogP contribution >= 0.6 is 0 Å². The smallest absolute Gasteiger partial charge is 0.220 e. The van der Waals surface area contributed by atoms with Crippen LogP contribution in [0.5, 0.6) is 0 Å². The van der Waals surface area contributed by atoms with E-state index in [1.54, 1.807) is 18.3 Å². The molecule has 5 heteroatoms. The molecule has 1 aromatic heterocycles. The third-order valence-corrected chi connectivity index (χ3v) is 4.53. The third kappa shape index (κ3) is 5.10. The number of hydrogen-bond donors (Lipinski definition) is 1. The minimum absolute atomic E-state index is 0.0226. The molecular weight excluding hydrogens is 319 g/mol. The monoisotopic (exact) mass is 342 g/mol. The highest BCUT2D eigenvalue weighted by atomic mass is 19.1. The van der Waals surface area contributed by atoms with Crippen LogP contribution in [0, 0.1) is 11.7 Å². The molecular formula is C20H23FN2O2. The van der Waals surface area contributed by atoms with Crippen LogP contribution in [0.4, 0.5) is 4.39 Å². The van der Waals surface area contributed by atoms with Crippen LogP contribution < -0.4 is 5.32 Å². The molecule has 1 amide bonds. The van der Waals surface area contributed by atoms with Gasteiger partial charge in [0.2, 0.25) is 5.91 Å². The van der Waals surface area contributed by atoms with Gasteiger partial charge >= 0.3 is 0 Å². The number of hydrogen-bond acceptors (Lipinski definition) is 3. The molecule has 1 aromatic carbocycles. The van der Waals surface area contributed by atoms with Gasteiger partial charge in [-0.2, -0.15) is 0 Å². The van der Waals surface area contributed by atoms with Crippen molar-refractivity contribution in [1.29, 1.82) is 0 Å². The van der Waals surface area contributed by atoms with Gasteiger partial charge in [-0.05, 0) is 55.0 Å². The first-order valence-corrected chi connectivity index (χ1v) is 8.76. The lowest BCUT2D eigenvalue weighted by Crippen LogP contribution is -2.30. The second kappa shape index (κ2) is 8.72. The molecule has 0 saturated carbocycles. The Bertz CT molecular complexity index is 670. The SMILES string of the molecule is O=C(CC[C@@H]1CCCOC1)N[C@@H](c1ccc(F)cc1)c1ccccn1. The van der Waals surface area contributed by atoms with Crippen LogP contribution in [0.25, 0.3) is 0 Å². The standard InChI is InChI=1S/C20H23FN2O2/c21-17-9-7-16(8-10-17)20(18-5-1-2-12-22-18)23-19(24)11-6-15-4-3-13-25-14-15/h1-2,5,7-10,12,15,20H,3-4,6,11,13-14H2,(H,23,24)/t15-,20-/m0/s1. The van der Waals surface area contributed by atoms with E-state index < -0.39 is 0 Å². The molecule has 2 aromatic rings. The number of amides is 1. The largest absolute Gasteiger partial charge is 0.381 e. The van der Waals surface area contributed by atoms with Gasteiger partial charge < -0.3 is 10.1 Å². The molecule has 1 N–H and O–H groups in total. The summed E-state index contributed by atoms with van der Waals surface area (Å²) in [7, 11) is 0. The van der Waals surface area contributed by atoms with Crippen molar-refractivity contribution < 1.29 is 13.9 Å². The van der Waals surface area contributed by atoms with Crippen LogP contribution in [-0.2, 0) is 9.53 Å². The zero-order valence-electron chi connectivity index (χ0n) is 14.2. The van der Waals surface area contributed by atoms with E-state index in [-0.39, 0.29) is 17.8 Å². The minimum Gasteiger partial charge on any atom is -0.381 e. The molecule has 0 unspecified atom stereocenters. The number of pyridine rings is 1. The van der Waals surface area contributed by atoms with Gasteiger partial charge in [0.05, 0.1) is 11.7 Å². The van der Waals surface area contributed by atoms with E-state index in [4.69, 9.17) is 4.74 Å². The highest BCUT2D eigenvalue weighted by Crippen LogP contribution is 2.22. The second-order valence-corrected chi connectivity index (χ2v) is 6.43. The van der Waals surface area contributed by atoms with Gasteiger partial charge in [0.25, 0.3) is 0 Å². The summed E-state index contributed by atoms with van der Waals surface area (Å²) in [5.41, 5.74) is 1.55. The maximum atomic E-state index is 13.2. The molecule has 2 atom stereocenters. The van der Waals surface area contributed by atoms with E-state index in [0.29, 0.717) is 12.3 Å². The van der Waals surface area contributed by atoms with Crippen molar-refractivity contribution in [2.45, 2.75) is 31.7 Å². The van der Waals surface area contributed by atoms with Crippen molar-refractivity contribution in [3.8, 4) is 0 Å². The predicted octanol–water partition coefficient (Wildman–Crippen LogP) is 3.63. The van der Waals surface area contributed by atoms with Crippen LogP contribution in [0.3, 0.4) is 0 Å². The highest BCUT2D eigenvalue weighted by molar-refractivity contribution is 5.76. The fraction of sp³-hybridized carbons (Fsp3) is 0.400. The first kappa shape index (κ1) is 17.5. The van der Waals surface area contributed by atoms with E-state index >= 15 is 0 Å². The zero-order chi connectivity index (χ0) is 17.5. The number of ether oxygens (including phenoxy) is 1. The van der Waals surface area contributed by atoms with Gasteiger partial charge in [0.1, 0.15) is 5.82 Å². The Kier molecular flexibility index (Phi) is 6.12. The molecule has 0 bridgehead atoms. The summed E-state index contributed by atoms with van der Waals surface area (Å²) in [6, 6.07) is 11.4. The number of carbonyl (C=O) groups is 1. The Morgan fingerprint density at radius 3 is 2.80 bits per heavy atom. The van der Waals surface area contributed by atoms with Gasteiger partial charge in [-0.15, -0.1) is 0 Å². The van der Waals surface area contributed by atoms with E-state index in [0.717, 1.165) is 43.7 Å². The van der Waals surface area contributed by atoms with E-state index in [2.05, 4.69) is 10.3 Å². The molecule has 0 radical (unpaired) electrons.